The summed E-state index contributed by atoms with van der Waals surface area (Å²) in [4.78, 5) is 72.2. The molecule has 0 aromatic heterocycles. The van der Waals surface area contributed by atoms with Gasteiger partial charge in [-0.1, -0.05) is 265 Å². The predicted molar refractivity (Wildman–Crippen MR) is 520 cm³/mol. The largest absolute Gasteiger partial charge is 0.457 e. The molecule has 0 unspecified atom stereocenters. The summed E-state index contributed by atoms with van der Waals surface area (Å²) in [5.74, 6) is 1.10. The summed E-state index contributed by atoms with van der Waals surface area (Å²) in [5, 5.41) is 9.82. The van der Waals surface area contributed by atoms with Crippen LogP contribution in [0.1, 0.15) is 147 Å². The van der Waals surface area contributed by atoms with Gasteiger partial charge < -0.3 is 37.9 Å². The number of amides is 4. The molecule has 19 aromatic carbocycles. The van der Waals surface area contributed by atoms with Gasteiger partial charge in [-0.05, 0) is 233 Å². The Bertz CT molecular complexity index is 6990. The Morgan fingerprint density at radius 3 is 0.577 bits per heavy atom. The van der Waals surface area contributed by atoms with Gasteiger partial charge in [0.25, 0.3) is 23.6 Å². The molecule has 130 heavy (non-hydrogen) atoms. The molecule has 636 valence electrons. The summed E-state index contributed by atoms with van der Waals surface area (Å²) in [7, 11) is 0. The molecule has 2 aliphatic heterocycles. The number of para-hydroxylation sites is 2. The fourth-order valence-electron chi connectivity index (χ4n) is 18.0. The molecule has 2 aliphatic rings. The van der Waals surface area contributed by atoms with Crippen LogP contribution in [-0.4, -0.2) is 23.6 Å². The highest BCUT2D eigenvalue weighted by Crippen LogP contribution is 2.60. The molecule has 0 radical (unpaired) electrons. The van der Waals surface area contributed by atoms with Crippen molar-refractivity contribution in [2.45, 2.75) is 105 Å². The summed E-state index contributed by atoms with van der Waals surface area (Å²) in [6.45, 7) is 25.7. The van der Waals surface area contributed by atoms with Gasteiger partial charge in [0.15, 0.2) is 23.0 Å². The number of ether oxygens (including phenoxy) is 8. The summed E-state index contributed by atoms with van der Waals surface area (Å²) in [5.41, 5.74) is 3.12. The van der Waals surface area contributed by atoms with Gasteiger partial charge in [-0.3, -0.25) is 19.2 Å². The van der Waals surface area contributed by atoms with E-state index in [0.717, 1.165) is 75.1 Å². The van der Waals surface area contributed by atoms with Crippen molar-refractivity contribution in [1.29, 1.82) is 0 Å². The monoisotopic (exact) mass is 1700 g/mol. The van der Waals surface area contributed by atoms with Crippen LogP contribution in [0.25, 0.3) is 86.2 Å². The van der Waals surface area contributed by atoms with Gasteiger partial charge in [0.05, 0.1) is 22.3 Å². The van der Waals surface area contributed by atoms with Gasteiger partial charge in [-0.2, -0.15) is 0 Å². The number of hydrogen-bond donors (Lipinski definition) is 0. The minimum atomic E-state index is -0.765. The number of carbonyl (C=O) groups is 4. The van der Waals surface area contributed by atoms with E-state index in [-0.39, 0.29) is 112 Å². The van der Waals surface area contributed by atoms with E-state index in [0.29, 0.717) is 78.3 Å². The van der Waals surface area contributed by atoms with Gasteiger partial charge in [-0.15, -0.1) is 0 Å². The first kappa shape index (κ1) is 81.3. The summed E-state index contributed by atoms with van der Waals surface area (Å²) >= 11 is 0. The molecule has 14 heteroatoms. The highest BCUT2D eigenvalue weighted by Gasteiger charge is 2.45. The van der Waals surface area contributed by atoms with Crippen LogP contribution < -0.4 is 47.7 Å². The minimum absolute atomic E-state index is 0.00270. The third kappa shape index (κ3) is 14.6. The molecule has 0 fully saturated rings. The van der Waals surface area contributed by atoms with Gasteiger partial charge >= 0.3 is 0 Å². The highest BCUT2D eigenvalue weighted by atomic mass is 16.5. The molecule has 0 atom stereocenters. The van der Waals surface area contributed by atoms with Gasteiger partial charge in [0, 0.05) is 43.1 Å². The summed E-state index contributed by atoms with van der Waals surface area (Å²) < 4.78 is 58.7. The molecular formula is C116H90N2O12. The Morgan fingerprint density at radius 1 is 0.177 bits per heavy atom. The van der Waals surface area contributed by atoms with Gasteiger partial charge in [-0.25, -0.2) is 9.80 Å². The number of nitrogens with zero attached hydrogens (tertiary/aromatic N) is 2. The Hall–Kier alpha value is -15.8. The maximum absolute atomic E-state index is 17.5. The van der Waals surface area contributed by atoms with Gasteiger partial charge in [0.1, 0.15) is 80.4 Å². The maximum Gasteiger partial charge on any atom is 0.266 e. The first-order valence-electron chi connectivity index (χ1n) is 43.8. The van der Waals surface area contributed by atoms with Crippen molar-refractivity contribution in [3.05, 3.63) is 372 Å². The quantitative estimate of drug-likeness (QED) is 0.0457. The number of rotatable bonds is 18. The van der Waals surface area contributed by atoms with Crippen LogP contribution in [0.3, 0.4) is 0 Å². The van der Waals surface area contributed by atoms with E-state index in [9.17, 15) is 0 Å². The van der Waals surface area contributed by atoms with Crippen LogP contribution >= 0.6 is 0 Å². The molecule has 0 N–H and O–H groups in total. The number of fused-ring (bicyclic) bond motifs is 6. The lowest BCUT2D eigenvalue weighted by molar-refractivity contribution is 0.0876. The zero-order valence-corrected chi connectivity index (χ0v) is 74.0. The zero-order chi connectivity index (χ0) is 89.6. The Labute approximate surface area is 752 Å². The van der Waals surface area contributed by atoms with E-state index in [1.54, 1.807) is 60.7 Å². The second-order valence-electron chi connectivity index (χ2n) is 37.7. The Morgan fingerprint density at radius 2 is 0.369 bits per heavy atom. The lowest BCUT2D eigenvalue weighted by Gasteiger charge is -2.33. The Balaban J connectivity index is 0.883. The fraction of sp³-hybridized carbons (Fsp3) is 0.138. The standard InChI is InChI=1S/C116H90N2O12/c1-113(2,3)75-39-51-79(52-40-75)123-95-63-87-99-88(110(120)117(109(87)119)107-91(127-83-47-35-67-23-13-17-27-71(67)59-83)31-21-32-92(107)128-84-48-36-68-24-14-18-28-72(68)60-84)65-97(125-81-55-43-77(44-56-81)115(7,8)9)103-104-98(126-82-57-45-78(46-58-82)116(10,11)12)66-90-100-89(64-96(102(106(100)104)101(95)105(99)103)124-80-53-41-76(42-54-80)114(4,5)6)111(121)118(112(90)122)108-93(129-85-49-37-69-25-15-19-29-73(69)61-85)33-22-34-94(108)130-86-50-38-70-26-16-20-30-74(70)62-86/h13-66H,1-12H3. The van der Waals surface area contributed by atoms with Crippen molar-refractivity contribution >= 4 is 121 Å². The lowest BCUT2D eigenvalue weighted by atomic mass is 9.80. The molecule has 0 bridgehead atoms. The van der Waals surface area contributed by atoms with Crippen LogP contribution in [0, 0.1) is 0 Å². The maximum atomic E-state index is 17.5. The smallest absolute Gasteiger partial charge is 0.266 e. The van der Waals surface area contributed by atoms with E-state index >= 15 is 19.2 Å². The fourth-order valence-corrected chi connectivity index (χ4v) is 18.0. The highest BCUT2D eigenvalue weighted by molar-refractivity contribution is 6.48. The van der Waals surface area contributed by atoms with E-state index in [1.807, 2.05) is 267 Å². The van der Waals surface area contributed by atoms with Crippen LogP contribution in [0.15, 0.2) is 328 Å². The molecule has 0 spiro atoms. The van der Waals surface area contributed by atoms with Crippen molar-refractivity contribution < 1.29 is 57.1 Å². The molecule has 0 saturated carbocycles. The predicted octanol–water partition coefficient (Wildman–Crippen LogP) is 31.5. The molecule has 4 amide bonds. The second kappa shape index (κ2) is 31.1. The first-order valence-corrected chi connectivity index (χ1v) is 43.8. The van der Waals surface area contributed by atoms with Crippen LogP contribution in [-0.2, 0) is 21.7 Å². The molecular weight excluding hydrogens is 1610 g/mol. The SMILES string of the molecule is CC(C)(C)c1ccc(Oc2cc3c4c(cc(Oc5ccc(C(C)(C)C)cc5)c5c6c(Oc7ccc(C(C)(C)C)cc7)cc7c8c(cc(Oc9ccc(C(C)(C)C)cc9)c(c2c45)c86)C(=O)N(c2c(Oc4ccc5ccccc5c4)cccc2Oc2ccc4ccccc4c2)C7=O)C(=O)N(c2c(Oc4ccc5ccccc5c4)cccc2Oc2ccc4ccccc4c2)C3=O)cc1. The minimum Gasteiger partial charge on any atom is -0.457 e. The molecule has 19 aromatic rings. The van der Waals surface area contributed by atoms with Crippen LogP contribution in [0.4, 0.5) is 11.4 Å². The number of hydrogen-bond acceptors (Lipinski definition) is 12. The zero-order valence-electron chi connectivity index (χ0n) is 74.0. The topological polar surface area (TPSA) is 149 Å². The van der Waals surface area contributed by atoms with Crippen molar-refractivity contribution in [2.75, 3.05) is 9.80 Å². The van der Waals surface area contributed by atoms with Crippen molar-refractivity contribution in [1.82, 2.24) is 0 Å². The number of benzene rings is 19. The van der Waals surface area contributed by atoms with Crippen molar-refractivity contribution in [3.8, 4) is 92.0 Å². The number of imide groups is 2. The lowest BCUT2D eigenvalue weighted by Crippen LogP contribution is -2.41. The van der Waals surface area contributed by atoms with E-state index in [2.05, 4.69) is 83.1 Å². The summed E-state index contributed by atoms with van der Waals surface area (Å²) in [6.07, 6.45) is 0. The van der Waals surface area contributed by atoms with Crippen LogP contribution in [0.5, 0.6) is 92.0 Å². The van der Waals surface area contributed by atoms with Gasteiger partial charge in [0.2, 0.25) is 0 Å². The third-order valence-electron chi connectivity index (χ3n) is 24.9. The number of anilines is 2. The molecule has 0 saturated heterocycles. The van der Waals surface area contributed by atoms with E-state index in [1.165, 1.54) is 0 Å². The van der Waals surface area contributed by atoms with Crippen molar-refractivity contribution in [3.63, 3.8) is 0 Å². The molecule has 14 nitrogen and oxygen atoms in total. The first-order chi connectivity index (χ1) is 62.6. The number of carbonyl (C=O) groups excluding carboxylic acids is 4. The third-order valence-corrected chi connectivity index (χ3v) is 24.9. The summed E-state index contributed by atoms with van der Waals surface area (Å²) in [6, 6.07) is 103. The Kier molecular flexibility index (Phi) is 19.4. The second-order valence-corrected chi connectivity index (χ2v) is 37.7. The molecule has 2 heterocycles. The molecule has 0 aliphatic carbocycles. The van der Waals surface area contributed by atoms with Crippen LogP contribution in [0.2, 0.25) is 0 Å². The van der Waals surface area contributed by atoms with E-state index < -0.39 is 23.6 Å². The normalized spacial score (nSPS) is 13.1. The average Bonchev–Trinajstić information content (AvgIpc) is 0.667. The van der Waals surface area contributed by atoms with E-state index in [4.69, 9.17) is 37.9 Å². The molecule has 21 rings (SSSR count). The van der Waals surface area contributed by atoms with Crippen molar-refractivity contribution in [2.24, 2.45) is 0 Å². The average molecular weight is 1700 g/mol.